The van der Waals surface area contributed by atoms with Gasteiger partial charge in [0, 0.05) is 22.9 Å². The number of para-hydroxylation sites is 1. The number of rotatable bonds is 7. The van der Waals surface area contributed by atoms with Gasteiger partial charge in [-0.15, -0.1) is 11.3 Å². The quantitative estimate of drug-likeness (QED) is 0.378. The molecule has 0 unspecified atom stereocenters. The average Bonchev–Trinajstić information content (AvgIpc) is 3.28. The van der Waals surface area contributed by atoms with Crippen LogP contribution in [0.15, 0.2) is 78.2 Å². The minimum absolute atomic E-state index is 0.0761. The third-order valence-corrected chi connectivity index (χ3v) is 5.76. The highest BCUT2D eigenvalue weighted by atomic mass is 32.1. The Morgan fingerprint density at radius 3 is 2.45 bits per heavy atom. The number of methoxy groups -OCH3 is 1. The Morgan fingerprint density at radius 1 is 1.00 bits per heavy atom. The van der Waals surface area contributed by atoms with Crippen LogP contribution in [0.5, 0.6) is 5.75 Å². The third-order valence-electron chi connectivity index (χ3n) is 4.89. The van der Waals surface area contributed by atoms with Crippen LogP contribution < -0.4 is 10.1 Å². The number of hydrogen-bond donors (Lipinski definition) is 1. The van der Waals surface area contributed by atoms with Crippen LogP contribution in [0.1, 0.15) is 12.0 Å². The molecule has 4 nitrogen and oxygen atoms in total. The molecule has 0 spiro atoms. The van der Waals surface area contributed by atoms with Crippen molar-refractivity contribution in [1.82, 2.24) is 4.98 Å². The monoisotopic (exact) mass is 432 g/mol. The smallest absolute Gasteiger partial charge is 0.224 e. The van der Waals surface area contributed by atoms with Crippen molar-refractivity contribution >= 4 is 22.9 Å². The maximum atomic E-state index is 14.1. The van der Waals surface area contributed by atoms with E-state index < -0.39 is 0 Å². The first-order valence-corrected chi connectivity index (χ1v) is 10.7. The second-order valence-corrected chi connectivity index (χ2v) is 7.82. The largest absolute Gasteiger partial charge is 0.497 e. The number of ether oxygens (including phenoxy) is 1. The standard InChI is InChI=1S/C25H21FN2O2S/c1-30-18-13-10-17(11-14-18)12-15-24(29)27-22-9-5-3-7-20(22)23-16-31-25(28-23)19-6-2-4-8-21(19)26/h2-11,13-14,16H,12,15H2,1H3,(H,27,29). The molecule has 6 heteroatoms. The Kier molecular flexibility index (Phi) is 6.38. The minimum atomic E-state index is -0.302. The normalized spacial score (nSPS) is 10.6. The highest BCUT2D eigenvalue weighted by Crippen LogP contribution is 2.33. The van der Waals surface area contributed by atoms with Crippen LogP contribution in [0.4, 0.5) is 10.1 Å². The fraction of sp³-hybridized carbons (Fsp3) is 0.120. The molecule has 0 aliphatic rings. The number of anilines is 1. The van der Waals surface area contributed by atoms with E-state index in [-0.39, 0.29) is 11.7 Å². The Labute approximate surface area is 184 Å². The highest BCUT2D eigenvalue weighted by Gasteiger charge is 2.14. The molecule has 0 atom stereocenters. The van der Waals surface area contributed by atoms with Gasteiger partial charge in [-0.25, -0.2) is 9.37 Å². The van der Waals surface area contributed by atoms with Crippen molar-refractivity contribution in [3.05, 3.63) is 89.6 Å². The molecule has 31 heavy (non-hydrogen) atoms. The zero-order valence-corrected chi connectivity index (χ0v) is 17.8. The number of thiazole rings is 1. The van der Waals surface area contributed by atoms with Gasteiger partial charge < -0.3 is 10.1 Å². The number of benzene rings is 3. The van der Waals surface area contributed by atoms with Gasteiger partial charge in [-0.05, 0) is 42.3 Å². The molecule has 0 aliphatic carbocycles. The van der Waals surface area contributed by atoms with Crippen molar-refractivity contribution in [1.29, 1.82) is 0 Å². The summed E-state index contributed by atoms with van der Waals surface area (Å²) < 4.78 is 19.3. The number of amides is 1. The van der Waals surface area contributed by atoms with Gasteiger partial charge in [-0.1, -0.05) is 42.5 Å². The second kappa shape index (κ2) is 9.53. The number of carbonyl (C=O) groups excluding carboxylic acids is 1. The third kappa shape index (κ3) is 4.98. The van der Waals surface area contributed by atoms with E-state index in [1.807, 2.05) is 53.9 Å². The van der Waals surface area contributed by atoms with Gasteiger partial charge in [0.1, 0.15) is 16.6 Å². The molecule has 1 amide bonds. The fourth-order valence-electron chi connectivity index (χ4n) is 3.23. The van der Waals surface area contributed by atoms with Gasteiger partial charge in [0.05, 0.1) is 18.5 Å². The summed E-state index contributed by atoms with van der Waals surface area (Å²) in [7, 11) is 1.63. The summed E-state index contributed by atoms with van der Waals surface area (Å²) >= 11 is 1.38. The van der Waals surface area contributed by atoms with E-state index in [0.717, 1.165) is 16.9 Å². The van der Waals surface area contributed by atoms with Crippen LogP contribution in [-0.2, 0) is 11.2 Å². The van der Waals surface area contributed by atoms with Crippen LogP contribution >= 0.6 is 11.3 Å². The molecule has 0 aliphatic heterocycles. The van der Waals surface area contributed by atoms with Crippen molar-refractivity contribution in [3.8, 4) is 27.6 Å². The lowest BCUT2D eigenvalue weighted by Gasteiger charge is -2.10. The molecule has 0 bridgehead atoms. The van der Waals surface area contributed by atoms with E-state index in [4.69, 9.17) is 4.74 Å². The number of carbonyl (C=O) groups is 1. The highest BCUT2D eigenvalue weighted by molar-refractivity contribution is 7.13. The topological polar surface area (TPSA) is 51.2 Å². The molecule has 0 radical (unpaired) electrons. The Hall–Kier alpha value is -3.51. The number of nitrogens with one attached hydrogen (secondary N) is 1. The zero-order valence-electron chi connectivity index (χ0n) is 17.0. The Bertz CT molecular complexity index is 1190. The van der Waals surface area contributed by atoms with Gasteiger partial charge in [0.2, 0.25) is 5.91 Å². The van der Waals surface area contributed by atoms with Gasteiger partial charge in [-0.3, -0.25) is 4.79 Å². The van der Waals surface area contributed by atoms with Crippen LogP contribution in [0, 0.1) is 5.82 Å². The SMILES string of the molecule is COc1ccc(CCC(=O)Nc2ccccc2-c2csc(-c3ccccc3F)n2)cc1. The predicted molar refractivity (Wildman–Crippen MR) is 123 cm³/mol. The molecule has 1 heterocycles. The van der Waals surface area contributed by atoms with E-state index in [1.165, 1.54) is 17.4 Å². The first kappa shape index (κ1) is 20.8. The van der Waals surface area contributed by atoms with E-state index in [0.29, 0.717) is 34.8 Å². The van der Waals surface area contributed by atoms with E-state index in [2.05, 4.69) is 10.3 Å². The number of hydrogen-bond acceptors (Lipinski definition) is 4. The lowest BCUT2D eigenvalue weighted by Crippen LogP contribution is -2.13. The van der Waals surface area contributed by atoms with Gasteiger partial charge >= 0.3 is 0 Å². The van der Waals surface area contributed by atoms with Gasteiger partial charge in [-0.2, -0.15) is 0 Å². The maximum absolute atomic E-state index is 14.1. The lowest BCUT2D eigenvalue weighted by atomic mass is 10.1. The second-order valence-electron chi connectivity index (χ2n) is 6.96. The summed E-state index contributed by atoms with van der Waals surface area (Å²) in [6.45, 7) is 0. The number of aromatic nitrogens is 1. The van der Waals surface area contributed by atoms with Crippen molar-refractivity contribution in [3.63, 3.8) is 0 Å². The summed E-state index contributed by atoms with van der Waals surface area (Å²) in [4.78, 5) is 17.2. The molecule has 0 fully saturated rings. The summed E-state index contributed by atoms with van der Waals surface area (Å²) in [5.41, 5.74) is 3.74. The fourth-order valence-corrected chi connectivity index (χ4v) is 4.08. The van der Waals surface area contributed by atoms with E-state index in [1.54, 1.807) is 25.3 Å². The first-order chi connectivity index (χ1) is 15.1. The molecule has 1 N–H and O–H groups in total. The number of nitrogens with zero attached hydrogens (tertiary/aromatic N) is 1. The van der Waals surface area contributed by atoms with Crippen LogP contribution in [-0.4, -0.2) is 18.0 Å². The number of halogens is 1. The molecule has 4 rings (SSSR count). The summed E-state index contributed by atoms with van der Waals surface area (Å²) in [6.07, 6.45) is 0.990. The predicted octanol–water partition coefficient (Wildman–Crippen LogP) is 6.20. The van der Waals surface area contributed by atoms with Crippen molar-refractivity contribution in [2.24, 2.45) is 0 Å². The van der Waals surface area contributed by atoms with Gasteiger partial charge in [0.25, 0.3) is 0 Å². The molecule has 1 aromatic heterocycles. The number of aryl methyl sites for hydroxylation is 1. The maximum Gasteiger partial charge on any atom is 0.224 e. The molecule has 4 aromatic rings. The van der Waals surface area contributed by atoms with Crippen molar-refractivity contribution in [2.45, 2.75) is 12.8 Å². The lowest BCUT2D eigenvalue weighted by molar-refractivity contribution is -0.116. The first-order valence-electron chi connectivity index (χ1n) is 9.86. The molecular formula is C25H21FN2O2S. The van der Waals surface area contributed by atoms with Crippen molar-refractivity contribution in [2.75, 3.05) is 12.4 Å². The van der Waals surface area contributed by atoms with E-state index >= 15 is 0 Å². The van der Waals surface area contributed by atoms with Crippen molar-refractivity contribution < 1.29 is 13.9 Å². The van der Waals surface area contributed by atoms with Crippen LogP contribution in [0.3, 0.4) is 0 Å². The molecule has 0 saturated carbocycles. The Balaban J connectivity index is 1.47. The molecule has 0 saturated heterocycles. The summed E-state index contributed by atoms with van der Waals surface area (Å²) in [6, 6.07) is 21.8. The summed E-state index contributed by atoms with van der Waals surface area (Å²) in [5, 5.41) is 5.47. The average molecular weight is 433 g/mol. The molecule has 156 valence electrons. The Morgan fingerprint density at radius 2 is 1.71 bits per heavy atom. The van der Waals surface area contributed by atoms with Gasteiger partial charge in [0.15, 0.2) is 0 Å². The summed E-state index contributed by atoms with van der Waals surface area (Å²) in [5.74, 6) is 0.413. The van der Waals surface area contributed by atoms with Crippen LogP contribution in [0.2, 0.25) is 0 Å². The molecular weight excluding hydrogens is 411 g/mol. The van der Waals surface area contributed by atoms with E-state index in [9.17, 15) is 9.18 Å². The van der Waals surface area contributed by atoms with Crippen LogP contribution in [0.25, 0.3) is 21.8 Å². The minimum Gasteiger partial charge on any atom is -0.497 e. The zero-order chi connectivity index (χ0) is 21.6. The molecule has 3 aromatic carbocycles.